The molecule has 1 N–H and O–H groups in total. The molecule has 1 aromatic carbocycles. The van der Waals surface area contributed by atoms with Crippen LogP contribution < -0.4 is 10.1 Å². The molecular weight excluding hydrogens is 249 g/mol. The third kappa shape index (κ3) is 4.18. The van der Waals surface area contributed by atoms with Gasteiger partial charge in [0.1, 0.15) is 0 Å². The van der Waals surface area contributed by atoms with Gasteiger partial charge in [-0.25, -0.2) is 4.39 Å². The van der Waals surface area contributed by atoms with Crippen LogP contribution in [0, 0.1) is 5.82 Å². The highest BCUT2D eigenvalue weighted by molar-refractivity contribution is 7.99. The maximum atomic E-state index is 14.2. The summed E-state index contributed by atoms with van der Waals surface area (Å²) in [6, 6.07) is 5.38. The lowest BCUT2D eigenvalue weighted by molar-refractivity contribution is 0.381. The first kappa shape index (κ1) is 15.3. The number of methoxy groups -OCH3 is 1. The van der Waals surface area contributed by atoms with Crippen molar-refractivity contribution in [3.63, 3.8) is 0 Å². The summed E-state index contributed by atoms with van der Waals surface area (Å²) < 4.78 is 19.2. The van der Waals surface area contributed by atoms with Gasteiger partial charge in [-0.15, -0.1) is 0 Å². The standard InChI is InChI=1S/C14H22FNOS/c1-4-9-16-12(10-18-5-2)11-7-6-8-13(17-3)14(11)15/h6-8,12,16H,4-5,9-10H2,1-3H3. The Hall–Kier alpha value is -0.740. The summed E-state index contributed by atoms with van der Waals surface area (Å²) in [6.07, 6.45) is 1.04. The second-order valence-corrected chi connectivity index (χ2v) is 5.35. The molecule has 1 rings (SSSR count). The smallest absolute Gasteiger partial charge is 0.169 e. The molecule has 0 aliphatic carbocycles. The molecule has 0 saturated carbocycles. The fraction of sp³-hybridized carbons (Fsp3) is 0.571. The van der Waals surface area contributed by atoms with E-state index in [0.717, 1.165) is 24.5 Å². The quantitative estimate of drug-likeness (QED) is 0.780. The van der Waals surface area contributed by atoms with Crippen LogP contribution in [-0.2, 0) is 0 Å². The van der Waals surface area contributed by atoms with E-state index in [1.807, 2.05) is 23.9 Å². The van der Waals surface area contributed by atoms with Crippen LogP contribution in [0.3, 0.4) is 0 Å². The molecule has 1 atom stereocenters. The summed E-state index contributed by atoms with van der Waals surface area (Å²) in [5.74, 6) is 1.99. The molecule has 0 heterocycles. The molecule has 0 bridgehead atoms. The molecule has 0 amide bonds. The van der Waals surface area contributed by atoms with E-state index in [0.29, 0.717) is 11.3 Å². The van der Waals surface area contributed by atoms with E-state index in [1.165, 1.54) is 7.11 Å². The van der Waals surface area contributed by atoms with Crippen LogP contribution in [0.25, 0.3) is 0 Å². The Morgan fingerprint density at radius 1 is 1.39 bits per heavy atom. The van der Waals surface area contributed by atoms with E-state index in [2.05, 4.69) is 19.2 Å². The second kappa shape index (κ2) is 8.38. The third-order valence-electron chi connectivity index (χ3n) is 2.72. The molecule has 102 valence electrons. The van der Waals surface area contributed by atoms with Crippen molar-refractivity contribution in [3.05, 3.63) is 29.6 Å². The monoisotopic (exact) mass is 271 g/mol. The molecule has 1 unspecified atom stereocenters. The summed E-state index contributed by atoms with van der Waals surface area (Å²) >= 11 is 1.81. The molecule has 0 aromatic heterocycles. The van der Waals surface area contributed by atoms with E-state index in [-0.39, 0.29) is 11.9 Å². The van der Waals surface area contributed by atoms with Gasteiger partial charge in [0.05, 0.1) is 7.11 Å². The summed E-state index contributed by atoms with van der Waals surface area (Å²) in [7, 11) is 1.50. The SMILES string of the molecule is CCCNC(CSCC)c1cccc(OC)c1F. The number of thioether (sulfide) groups is 1. The first-order chi connectivity index (χ1) is 8.74. The van der Waals surface area contributed by atoms with Crippen molar-refractivity contribution < 1.29 is 9.13 Å². The van der Waals surface area contributed by atoms with Gasteiger partial charge in [0, 0.05) is 17.4 Å². The fourth-order valence-corrected chi connectivity index (χ4v) is 2.54. The Morgan fingerprint density at radius 3 is 2.78 bits per heavy atom. The van der Waals surface area contributed by atoms with Crippen LogP contribution in [0.1, 0.15) is 31.9 Å². The molecule has 0 aliphatic rings. The van der Waals surface area contributed by atoms with Gasteiger partial charge in [0.15, 0.2) is 11.6 Å². The van der Waals surface area contributed by atoms with Gasteiger partial charge < -0.3 is 10.1 Å². The number of rotatable bonds is 8. The maximum Gasteiger partial charge on any atom is 0.169 e. The van der Waals surface area contributed by atoms with Gasteiger partial charge in [0.25, 0.3) is 0 Å². The van der Waals surface area contributed by atoms with Crippen molar-refractivity contribution >= 4 is 11.8 Å². The number of benzene rings is 1. The Bertz CT molecular complexity index is 352. The van der Waals surface area contributed by atoms with Gasteiger partial charge in [-0.2, -0.15) is 11.8 Å². The van der Waals surface area contributed by atoms with E-state index in [1.54, 1.807) is 6.07 Å². The summed E-state index contributed by atoms with van der Waals surface area (Å²) in [6.45, 7) is 5.12. The molecule has 0 spiro atoms. The van der Waals surface area contributed by atoms with Crippen molar-refractivity contribution in [2.75, 3.05) is 25.2 Å². The lowest BCUT2D eigenvalue weighted by atomic mass is 10.1. The number of hydrogen-bond donors (Lipinski definition) is 1. The topological polar surface area (TPSA) is 21.3 Å². The zero-order chi connectivity index (χ0) is 13.4. The lowest BCUT2D eigenvalue weighted by Gasteiger charge is -2.20. The van der Waals surface area contributed by atoms with Crippen molar-refractivity contribution in [2.45, 2.75) is 26.3 Å². The highest BCUT2D eigenvalue weighted by Crippen LogP contribution is 2.27. The van der Waals surface area contributed by atoms with Crippen LogP contribution in [0.5, 0.6) is 5.75 Å². The van der Waals surface area contributed by atoms with Crippen LogP contribution in [-0.4, -0.2) is 25.2 Å². The molecule has 1 aromatic rings. The van der Waals surface area contributed by atoms with Crippen molar-refractivity contribution in [1.29, 1.82) is 0 Å². The zero-order valence-electron chi connectivity index (χ0n) is 11.3. The fourth-order valence-electron chi connectivity index (χ4n) is 1.77. The molecule has 0 radical (unpaired) electrons. The Balaban J connectivity index is 2.88. The van der Waals surface area contributed by atoms with Crippen LogP contribution in [0.4, 0.5) is 4.39 Å². The number of ether oxygens (including phenoxy) is 1. The van der Waals surface area contributed by atoms with Crippen molar-refractivity contribution in [1.82, 2.24) is 5.32 Å². The number of hydrogen-bond acceptors (Lipinski definition) is 3. The lowest BCUT2D eigenvalue weighted by Crippen LogP contribution is -2.25. The first-order valence-electron chi connectivity index (χ1n) is 6.38. The third-order valence-corrected chi connectivity index (χ3v) is 3.70. The van der Waals surface area contributed by atoms with E-state index >= 15 is 0 Å². The first-order valence-corrected chi connectivity index (χ1v) is 7.53. The molecule has 0 fully saturated rings. The molecule has 18 heavy (non-hydrogen) atoms. The second-order valence-electron chi connectivity index (χ2n) is 4.03. The van der Waals surface area contributed by atoms with Gasteiger partial charge in [0.2, 0.25) is 0 Å². The predicted molar refractivity (Wildman–Crippen MR) is 77.0 cm³/mol. The summed E-state index contributed by atoms with van der Waals surface area (Å²) in [5, 5.41) is 3.40. The zero-order valence-corrected chi connectivity index (χ0v) is 12.1. The maximum absolute atomic E-state index is 14.2. The minimum Gasteiger partial charge on any atom is -0.494 e. The molecule has 0 saturated heterocycles. The predicted octanol–water partition coefficient (Wildman–Crippen LogP) is 3.63. The summed E-state index contributed by atoms with van der Waals surface area (Å²) in [5.41, 5.74) is 0.698. The normalized spacial score (nSPS) is 12.4. The summed E-state index contributed by atoms with van der Waals surface area (Å²) in [4.78, 5) is 0. The molecular formula is C14H22FNOS. The highest BCUT2D eigenvalue weighted by atomic mass is 32.2. The van der Waals surface area contributed by atoms with E-state index in [9.17, 15) is 4.39 Å². The van der Waals surface area contributed by atoms with Crippen LogP contribution in [0.15, 0.2) is 18.2 Å². The average Bonchev–Trinajstić information content (AvgIpc) is 2.40. The van der Waals surface area contributed by atoms with Crippen LogP contribution in [0.2, 0.25) is 0 Å². The Kier molecular flexibility index (Phi) is 7.13. The highest BCUT2D eigenvalue weighted by Gasteiger charge is 2.17. The van der Waals surface area contributed by atoms with E-state index in [4.69, 9.17) is 4.74 Å². The van der Waals surface area contributed by atoms with Gasteiger partial charge in [-0.1, -0.05) is 26.0 Å². The Labute approximate surface area is 113 Å². The minimum absolute atomic E-state index is 0.0463. The van der Waals surface area contributed by atoms with Crippen molar-refractivity contribution in [3.8, 4) is 5.75 Å². The number of halogens is 1. The van der Waals surface area contributed by atoms with Gasteiger partial charge in [-0.3, -0.25) is 0 Å². The largest absolute Gasteiger partial charge is 0.494 e. The van der Waals surface area contributed by atoms with Gasteiger partial charge >= 0.3 is 0 Å². The Morgan fingerprint density at radius 2 is 2.17 bits per heavy atom. The average molecular weight is 271 g/mol. The molecule has 4 heteroatoms. The van der Waals surface area contributed by atoms with Crippen molar-refractivity contribution in [2.24, 2.45) is 0 Å². The minimum atomic E-state index is -0.245. The van der Waals surface area contributed by atoms with E-state index < -0.39 is 0 Å². The van der Waals surface area contributed by atoms with Crippen LogP contribution >= 0.6 is 11.8 Å². The van der Waals surface area contributed by atoms with Gasteiger partial charge in [-0.05, 0) is 24.8 Å². The molecule has 2 nitrogen and oxygen atoms in total. The molecule has 0 aliphatic heterocycles. The number of nitrogens with one attached hydrogen (secondary N) is 1.